The summed E-state index contributed by atoms with van der Waals surface area (Å²) < 4.78 is 0. The third-order valence-corrected chi connectivity index (χ3v) is 11.1. The lowest BCUT2D eigenvalue weighted by Gasteiger charge is -2.33. The smallest absolute Gasteiger partial charge is 0.0812 e. The lowest BCUT2D eigenvalue weighted by atomic mass is 10.1. The number of nitrogens with zero attached hydrogens (tertiary/aromatic N) is 1. The zero-order chi connectivity index (χ0) is 14.7. The van der Waals surface area contributed by atoms with Gasteiger partial charge in [0.2, 0.25) is 0 Å². The molecule has 0 N–H and O–H groups in total. The van der Waals surface area contributed by atoms with E-state index in [9.17, 15) is 0 Å². The van der Waals surface area contributed by atoms with Crippen molar-refractivity contribution in [2.24, 2.45) is 4.99 Å². The summed E-state index contributed by atoms with van der Waals surface area (Å²) in [5.74, 6) is 0. The monoisotopic (exact) mass is 293 g/mol. The molecule has 0 aromatic heterocycles. The van der Waals surface area contributed by atoms with Gasteiger partial charge in [0.1, 0.15) is 0 Å². The van der Waals surface area contributed by atoms with Crippen molar-refractivity contribution >= 4 is 14.3 Å². The molecule has 0 aromatic carbocycles. The molecule has 0 fully saturated rings. The molecule has 0 aromatic rings. The van der Waals surface area contributed by atoms with Gasteiger partial charge < -0.3 is 0 Å². The summed E-state index contributed by atoms with van der Waals surface area (Å²) in [7, 11) is -1.21. The average molecular weight is 294 g/mol. The van der Waals surface area contributed by atoms with Crippen LogP contribution in [-0.2, 0) is 0 Å². The minimum Gasteiger partial charge on any atom is -0.298 e. The Morgan fingerprint density at radius 2 is 1.75 bits per heavy atom. The highest BCUT2D eigenvalue weighted by Gasteiger charge is 2.32. The Morgan fingerprint density at radius 1 is 1.05 bits per heavy atom. The van der Waals surface area contributed by atoms with Gasteiger partial charge in [-0.2, -0.15) is 0 Å². The highest BCUT2D eigenvalue weighted by Crippen LogP contribution is 2.34. The molecule has 116 valence electrons. The van der Waals surface area contributed by atoms with E-state index in [1.807, 2.05) is 5.20 Å². The Morgan fingerprint density at radius 3 is 2.40 bits per heavy atom. The van der Waals surface area contributed by atoms with E-state index in [-0.39, 0.29) is 0 Å². The van der Waals surface area contributed by atoms with Crippen molar-refractivity contribution in [3.8, 4) is 0 Å². The molecular weight excluding hydrogens is 258 g/mol. The summed E-state index contributed by atoms with van der Waals surface area (Å²) in [4.78, 5) is 4.62. The first kappa shape index (κ1) is 17.7. The van der Waals surface area contributed by atoms with Gasteiger partial charge in [0.05, 0.1) is 8.07 Å². The van der Waals surface area contributed by atoms with Crippen LogP contribution in [0.1, 0.15) is 72.1 Å². The summed E-state index contributed by atoms with van der Waals surface area (Å²) in [5.41, 5.74) is 0. The number of rotatable bonds is 3. The van der Waals surface area contributed by atoms with E-state index >= 15 is 0 Å². The van der Waals surface area contributed by atoms with Crippen LogP contribution in [0.15, 0.2) is 16.3 Å². The minimum absolute atomic E-state index is 1.06. The standard InChI is InChI=1S/C18H35NSi/c1-4-18(5-2)20(6-3)16-12-10-8-7-9-11-14-19-15-13-17-20/h4,15H,5-14,16-17H2,1-3H3/b18-4+,19-15?. The fourth-order valence-electron chi connectivity index (χ4n) is 3.81. The Labute approximate surface area is 128 Å². The molecule has 0 bridgehead atoms. The van der Waals surface area contributed by atoms with Crippen LogP contribution in [0, 0.1) is 0 Å². The van der Waals surface area contributed by atoms with E-state index in [2.05, 4.69) is 38.1 Å². The van der Waals surface area contributed by atoms with Gasteiger partial charge in [-0.1, -0.05) is 69.3 Å². The van der Waals surface area contributed by atoms with Crippen molar-refractivity contribution in [2.75, 3.05) is 6.54 Å². The fraction of sp³-hybridized carbons (Fsp3) is 0.833. The predicted molar refractivity (Wildman–Crippen MR) is 95.6 cm³/mol. The lowest BCUT2D eigenvalue weighted by molar-refractivity contribution is 0.610. The molecule has 1 aliphatic rings. The van der Waals surface area contributed by atoms with Gasteiger partial charge in [-0.15, -0.1) is 0 Å². The van der Waals surface area contributed by atoms with Crippen molar-refractivity contribution in [3.63, 3.8) is 0 Å². The van der Waals surface area contributed by atoms with Gasteiger partial charge in [-0.3, -0.25) is 4.99 Å². The van der Waals surface area contributed by atoms with Crippen LogP contribution < -0.4 is 0 Å². The molecule has 0 saturated carbocycles. The average Bonchev–Trinajstić information content (AvgIpc) is 2.50. The van der Waals surface area contributed by atoms with E-state index in [1.54, 1.807) is 0 Å². The highest BCUT2D eigenvalue weighted by atomic mass is 28.3. The number of hydrogen-bond donors (Lipinski definition) is 0. The first-order chi connectivity index (χ1) is 9.79. The highest BCUT2D eigenvalue weighted by molar-refractivity contribution is 6.86. The van der Waals surface area contributed by atoms with Crippen molar-refractivity contribution in [1.29, 1.82) is 0 Å². The van der Waals surface area contributed by atoms with E-state index in [1.165, 1.54) is 69.5 Å². The molecule has 0 spiro atoms. The van der Waals surface area contributed by atoms with Gasteiger partial charge >= 0.3 is 0 Å². The SMILES string of the molecule is C/C=C(\CC)[Si]1(CC)CCC=NCCCCCCCC1. The van der Waals surface area contributed by atoms with Gasteiger partial charge in [-0.25, -0.2) is 0 Å². The van der Waals surface area contributed by atoms with Gasteiger partial charge in [0, 0.05) is 6.54 Å². The second kappa shape index (κ2) is 10.4. The largest absolute Gasteiger partial charge is 0.298 e. The van der Waals surface area contributed by atoms with Gasteiger partial charge in [0.15, 0.2) is 0 Å². The molecule has 1 heterocycles. The zero-order valence-electron chi connectivity index (χ0n) is 14.1. The maximum Gasteiger partial charge on any atom is 0.0812 e. The van der Waals surface area contributed by atoms with Crippen molar-refractivity contribution in [2.45, 2.75) is 90.3 Å². The Hall–Kier alpha value is -0.373. The van der Waals surface area contributed by atoms with Crippen molar-refractivity contribution in [3.05, 3.63) is 11.3 Å². The molecule has 1 nitrogen and oxygen atoms in total. The predicted octanol–water partition coefficient (Wildman–Crippen LogP) is 6.17. The summed E-state index contributed by atoms with van der Waals surface area (Å²) in [6.07, 6.45) is 15.6. The van der Waals surface area contributed by atoms with E-state index in [0.717, 1.165) is 6.54 Å². The molecule has 20 heavy (non-hydrogen) atoms. The molecule has 0 amide bonds. The molecule has 2 heteroatoms. The van der Waals surface area contributed by atoms with E-state index in [0.29, 0.717) is 0 Å². The van der Waals surface area contributed by atoms with Crippen molar-refractivity contribution < 1.29 is 0 Å². The molecule has 1 unspecified atom stereocenters. The molecule has 0 saturated heterocycles. The number of hydrogen-bond acceptors (Lipinski definition) is 1. The Kier molecular flexibility index (Phi) is 9.16. The van der Waals surface area contributed by atoms with Crippen LogP contribution in [-0.4, -0.2) is 20.8 Å². The molecule has 0 radical (unpaired) electrons. The molecule has 1 atom stereocenters. The summed E-state index contributed by atoms with van der Waals surface area (Å²) in [6, 6.07) is 4.37. The zero-order valence-corrected chi connectivity index (χ0v) is 15.1. The summed E-state index contributed by atoms with van der Waals surface area (Å²) >= 11 is 0. The number of aliphatic imine (C=N–C) groups is 1. The Balaban J connectivity index is 2.77. The molecule has 1 rings (SSSR count). The van der Waals surface area contributed by atoms with Crippen LogP contribution in [0.5, 0.6) is 0 Å². The second-order valence-corrected chi connectivity index (χ2v) is 11.2. The van der Waals surface area contributed by atoms with Crippen LogP contribution >= 0.6 is 0 Å². The minimum atomic E-state index is -1.21. The van der Waals surface area contributed by atoms with Gasteiger partial charge in [0.25, 0.3) is 0 Å². The first-order valence-corrected chi connectivity index (χ1v) is 11.5. The topological polar surface area (TPSA) is 12.4 Å². The second-order valence-electron chi connectivity index (χ2n) is 6.30. The van der Waals surface area contributed by atoms with Crippen LogP contribution in [0.4, 0.5) is 0 Å². The third-order valence-electron chi connectivity index (χ3n) is 5.16. The molecule has 1 aliphatic heterocycles. The van der Waals surface area contributed by atoms with Crippen LogP contribution in [0.2, 0.25) is 18.1 Å². The molecule has 0 aliphatic carbocycles. The van der Waals surface area contributed by atoms with E-state index in [4.69, 9.17) is 0 Å². The van der Waals surface area contributed by atoms with Crippen LogP contribution in [0.25, 0.3) is 0 Å². The summed E-state index contributed by atoms with van der Waals surface area (Å²) in [6.45, 7) is 8.12. The first-order valence-electron chi connectivity index (χ1n) is 8.93. The Bertz CT molecular complexity index is 309. The maximum absolute atomic E-state index is 4.62. The third kappa shape index (κ3) is 5.55. The number of allylic oxidation sites excluding steroid dienone is 2. The fourth-order valence-corrected chi connectivity index (χ4v) is 8.83. The summed E-state index contributed by atoms with van der Waals surface area (Å²) in [5, 5.41) is 1.82. The van der Waals surface area contributed by atoms with Crippen LogP contribution in [0.3, 0.4) is 0 Å². The quantitative estimate of drug-likeness (QED) is 0.552. The normalized spacial score (nSPS) is 27.4. The lowest BCUT2D eigenvalue weighted by Crippen LogP contribution is -2.36. The van der Waals surface area contributed by atoms with E-state index < -0.39 is 8.07 Å². The molecular formula is C18H35NSi. The van der Waals surface area contributed by atoms with Gasteiger partial charge in [-0.05, 0) is 38.4 Å². The van der Waals surface area contributed by atoms with Crippen molar-refractivity contribution in [1.82, 2.24) is 0 Å². The maximum atomic E-state index is 4.62.